The van der Waals surface area contributed by atoms with Crippen molar-refractivity contribution >= 4 is 18.3 Å². The van der Waals surface area contributed by atoms with Gasteiger partial charge in [-0.25, -0.2) is 0 Å². The molecule has 0 saturated carbocycles. The number of carbonyl (C=O) groups is 1. The number of hydrogen-bond donors (Lipinski definition) is 2. The Morgan fingerprint density at radius 2 is 2.05 bits per heavy atom. The van der Waals surface area contributed by atoms with E-state index in [9.17, 15) is 4.79 Å². The third-order valence-corrected chi connectivity index (χ3v) is 3.75. The third kappa shape index (κ3) is 5.48. The van der Waals surface area contributed by atoms with Gasteiger partial charge in [0.15, 0.2) is 0 Å². The number of ether oxygens (including phenoxy) is 2. The van der Waals surface area contributed by atoms with Gasteiger partial charge in [0.25, 0.3) is 5.91 Å². The average Bonchev–Trinajstić information content (AvgIpc) is 2.50. The highest BCUT2D eigenvalue weighted by Crippen LogP contribution is 2.14. The Kier molecular flexibility index (Phi) is 8.24. The molecule has 1 saturated heterocycles. The van der Waals surface area contributed by atoms with E-state index >= 15 is 0 Å². The standard InChI is InChI=1S/C16H24N2O3.ClH/c1-12-15(4-3-9-17-12)18-16(19)13-5-7-14(8-6-13)21-11-10-20-2;/h5-8,12,15,17H,3-4,9-11H2,1-2H3,(H,18,19);1H. The van der Waals surface area contributed by atoms with Gasteiger partial charge in [0.2, 0.25) is 0 Å². The summed E-state index contributed by atoms with van der Waals surface area (Å²) in [7, 11) is 1.64. The molecule has 5 nitrogen and oxygen atoms in total. The van der Waals surface area contributed by atoms with Gasteiger partial charge in [-0.05, 0) is 50.6 Å². The molecule has 1 aromatic rings. The van der Waals surface area contributed by atoms with E-state index in [2.05, 4.69) is 17.6 Å². The molecule has 6 heteroatoms. The Balaban J connectivity index is 0.00000242. The molecule has 0 radical (unpaired) electrons. The van der Waals surface area contributed by atoms with Crippen LogP contribution in [0.1, 0.15) is 30.1 Å². The van der Waals surface area contributed by atoms with Crippen molar-refractivity contribution < 1.29 is 14.3 Å². The first kappa shape index (κ1) is 18.7. The van der Waals surface area contributed by atoms with Crippen LogP contribution >= 0.6 is 12.4 Å². The number of halogens is 1. The minimum atomic E-state index is -0.0287. The quantitative estimate of drug-likeness (QED) is 0.784. The molecule has 2 atom stereocenters. The van der Waals surface area contributed by atoms with Crippen molar-refractivity contribution in [3.8, 4) is 5.75 Å². The molecule has 1 aromatic carbocycles. The smallest absolute Gasteiger partial charge is 0.251 e. The van der Waals surface area contributed by atoms with Gasteiger partial charge in [-0.1, -0.05) is 0 Å². The van der Waals surface area contributed by atoms with Crippen LogP contribution in [0.3, 0.4) is 0 Å². The van der Waals surface area contributed by atoms with Crippen LogP contribution in [0, 0.1) is 0 Å². The molecule has 0 bridgehead atoms. The molecule has 0 aromatic heterocycles. The monoisotopic (exact) mass is 328 g/mol. The highest BCUT2D eigenvalue weighted by atomic mass is 35.5. The summed E-state index contributed by atoms with van der Waals surface area (Å²) in [6.45, 7) is 4.19. The van der Waals surface area contributed by atoms with Crippen LogP contribution in [0.4, 0.5) is 0 Å². The van der Waals surface area contributed by atoms with Crippen LogP contribution in [-0.2, 0) is 4.74 Å². The molecule has 124 valence electrons. The second kappa shape index (κ2) is 9.66. The second-order valence-corrected chi connectivity index (χ2v) is 5.33. The molecule has 2 rings (SSSR count). The lowest BCUT2D eigenvalue weighted by Crippen LogP contribution is -2.51. The summed E-state index contributed by atoms with van der Waals surface area (Å²) in [4.78, 5) is 12.2. The first-order valence-corrected chi connectivity index (χ1v) is 7.47. The van der Waals surface area contributed by atoms with Crippen molar-refractivity contribution in [2.45, 2.75) is 31.8 Å². The number of methoxy groups -OCH3 is 1. The normalized spacial score (nSPS) is 20.8. The molecular weight excluding hydrogens is 304 g/mol. The SMILES string of the molecule is COCCOc1ccc(C(=O)NC2CCCNC2C)cc1.Cl. The highest BCUT2D eigenvalue weighted by molar-refractivity contribution is 5.94. The van der Waals surface area contributed by atoms with Gasteiger partial charge < -0.3 is 20.1 Å². The Morgan fingerprint density at radius 3 is 2.68 bits per heavy atom. The molecule has 1 amide bonds. The summed E-state index contributed by atoms with van der Waals surface area (Å²) in [5.74, 6) is 0.718. The zero-order valence-electron chi connectivity index (χ0n) is 13.1. The van der Waals surface area contributed by atoms with Crippen LogP contribution in [-0.4, -0.2) is 44.9 Å². The van der Waals surface area contributed by atoms with E-state index in [1.807, 2.05) is 12.1 Å². The van der Waals surface area contributed by atoms with E-state index in [0.29, 0.717) is 24.8 Å². The number of nitrogens with one attached hydrogen (secondary N) is 2. The van der Waals surface area contributed by atoms with Gasteiger partial charge in [0, 0.05) is 24.8 Å². The van der Waals surface area contributed by atoms with Crippen LogP contribution in [0.25, 0.3) is 0 Å². The maximum absolute atomic E-state index is 12.2. The Morgan fingerprint density at radius 1 is 1.32 bits per heavy atom. The predicted octanol–water partition coefficient (Wildman–Crippen LogP) is 2.00. The fourth-order valence-electron chi connectivity index (χ4n) is 2.44. The number of rotatable bonds is 6. The molecule has 2 N–H and O–H groups in total. The number of amides is 1. The molecule has 0 aliphatic carbocycles. The molecule has 1 heterocycles. The summed E-state index contributed by atoms with van der Waals surface area (Å²) in [5, 5.41) is 6.47. The maximum atomic E-state index is 12.2. The molecule has 0 spiro atoms. The van der Waals surface area contributed by atoms with Crippen LogP contribution < -0.4 is 15.4 Å². The van der Waals surface area contributed by atoms with E-state index in [-0.39, 0.29) is 24.4 Å². The van der Waals surface area contributed by atoms with E-state index in [1.165, 1.54) is 0 Å². The summed E-state index contributed by atoms with van der Waals surface area (Å²) in [6.07, 6.45) is 2.12. The first-order chi connectivity index (χ1) is 10.2. The number of carbonyl (C=O) groups excluding carboxylic acids is 1. The highest BCUT2D eigenvalue weighted by Gasteiger charge is 2.22. The van der Waals surface area contributed by atoms with Crippen molar-refractivity contribution in [3.05, 3.63) is 29.8 Å². The van der Waals surface area contributed by atoms with Crippen molar-refractivity contribution in [1.29, 1.82) is 0 Å². The molecule has 1 aliphatic heterocycles. The van der Waals surface area contributed by atoms with Crippen LogP contribution in [0.2, 0.25) is 0 Å². The Bertz CT molecular complexity index is 453. The summed E-state index contributed by atoms with van der Waals surface area (Å²) in [5.41, 5.74) is 0.659. The number of piperidine rings is 1. The second-order valence-electron chi connectivity index (χ2n) is 5.33. The number of benzene rings is 1. The maximum Gasteiger partial charge on any atom is 0.251 e. The minimum Gasteiger partial charge on any atom is -0.491 e. The molecule has 22 heavy (non-hydrogen) atoms. The van der Waals surface area contributed by atoms with Crippen molar-refractivity contribution in [2.24, 2.45) is 0 Å². The lowest BCUT2D eigenvalue weighted by molar-refractivity contribution is 0.0919. The van der Waals surface area contributed by atoms with Crippen molar-refractivity contribution in [1.82, 2.24) is 10.6 Å². The zero-order valence-corrected chi connectivity index (χ0v) is 13.9. The fraction of sp³-hybridized carbons (Fsp3) is 0.562. The number of hydrogen-bond acceptors (Lipinski definition) is 4. The Hall–Kier alpha value is -1.30. The topological polar surface area (TPSA) is 59.6 Å². The third-order valence-electron chi connectivity index (χ3n) is 3.75. The van der Waals surface area contributed by atoms with Gasteiger partial charge in [0.05, 0.1) is 6.61 Å². The van der Waals surface area contributed by atoms with E-state index < -0.39 is 0 Å². The lowest BCUT2D eigenvalue weighted by Gasteiger charge is -2.30. The summed E-state index contributed by atoms with van der Waals surface area (Å²) >= 11 is 0. The van der Waals surface area contributed by atoms with Crippen molar-refractivity contribution in [2.75, 3.05) is 26.9 Å². The van der Waals surface area contributed by atoms with Crippen LogP contribution in [0.15, 0.2) is 24.3 Å². The van der Waals surface area contributed by atoms with Gasteiger partial charge in [0.1, 0.15) is 12.4 Å². The van der Waals surface area contributed by atoms with Gasteiger partial charge in [-0.15, -0.1) is 12.4 Å². The average molecular weight is 329 g/mol. The molecular formula is C16H25ClN2O3. The first-order valence-electron chi connectivity index (χ1n) is 7.47. The van der Waals surface area contributed by atoms with E-state index in [1.54, 1.807) is 19.2 Å². The minimum absolute atomic E-state index is 0. The van der Waals surface area contributed by atoms with Gasteiger partial charge in [-0.3, -0.25) is 4.79 Å². The van der Waals surface area contributed by atoms with Crippen molar-refractivity contribution in [3.63, 3.8) is 0 Å². The molecule has 1 fully saturated rings. The molecule has 1 aliphatic rings. The van der Waals surface area contributed by atoms with E-state index in [0.717, 1.165) is 25.1 Å². The largest absolute Gasteiger partial charge is 0.491 e. The molecule has 2 unspecified atom stereocenters. The lowest BCUT2D eigenvalue weighted by atomic mass is 9.99. The van der Waals surface area contributed by atoms with Gasteiger partial charge in [-0.2, -0.15) is 0 Å². The fourth-order valence-corrected chi connectivity index (χ4v) is 2.44. The zero-order chi connectivity index (χ0) is 15.1. The van der Waals surface area contributed by atoms with E-state index in [4.69, 9.17) is 9.47 Å². The van der Waals surface area contributed by atoms with Gasteiger partial charge >= 0.3 is 0 Å². The Labute approximate surface area is 138 Å². The predicted molar refractivity (Wildman–Crippen MR) is 89.0 cm³/mol. The summed E-state index contributed by atoms with van der Waals surface area (Å²) < 4.78 is 10.4. The van der Waals surface area contributed by atoms with Crippen LogP contribution in [0.5, 0.6) is 5.75 Å². The summed E-state index contributed by atoms with van der Waals surface area (Å²) in [6, 6.07) is 7.72.